The van der Waals surface area contributed by atoms with Gasteiger partial charge >= 0.3 is 5.97 Å². The second-order valence-corrected chi connectivity index (χ2v) is 6.91. The van der Waals surface area contributed by atoms with Crippen LogP contribution in [0.1, 0.15) is 30.2 Å². The average Bonchev–Trinajstić information content (AvgIpc) is 2.86. The summed E-state index contributed by atoms with van der Waals surface area (Å²) in [7, 11) is 0. The van der Waals surface area contributed by atoms with Crippen molar-refractivity contribution in [2.75, 3.05) is 6.61 Å². The van der Waals surface area contributed by atoms with Crippen molar-refractivity contribution in [3.8, 4) is 0 Å². The van der Waals surface area contributed by atoms with Gasteiger partial charge in [-0.25, -0.2) is 9.78 Å². The van der Waals surface area contributed by atoms with E-state index in [4.69, 9.17) is 4.74 Å². The number of aromatic amines is 1. The zero-order valence-corrected chi connectivity index (χ0v) is 13.8. The monoisotopic (exact) mass is 336 g/mol. The normalized spacial score (nSPS) is 14.4. The molecule has 7 heteroatoms. The molecule has 0 saturated heterocycles. The van der Waals surface area contributed by atoms with E-state index < -0.39 is 5.97 Å². The summed E-state index contributed by atoms with van der Waals surface area (Å²) in [5.41, 5.74) is 1.09. The van der Waals surface area contributed by atoms with Crippen LogP contribution in [0.5, 0.6) is 0 Å². The van der Waals surface area contributed by atoms with Gasteiger partial charge in [-0.1, -0.05) is 11.8 Å². The average molecular weight is 336 g/mol. The Balaban J connectivity index is 1.87. The fourth-order valence-corrected chi connectivity index (χ4v) is 4.47. The molecule has 0 saturated carbocycles. The van der Waals surface area contributed by atoms with Gasteiger partial charge in [-0.05, 0) is 43.6 Å². The molecule has 1 aliphatic carbocycles. The maximum atomic E-state index is 12.3. The molecule has 5 nitrogen and oxygen atoms in total. The van der Waals surface area contributed by atoms with E-state index in [2.05, 4.69) is 9.97 Å². The lowest BCUT2D eigenvalue weighted by Gasteiger charge is -2.09. The highest BCUT2D eigenvalue weighted by molar-refractivity contribution is 8.02. The van der Waals surface area contributed by atoms with Gasteiger partial charge in [-0.2, -0.15) is 0 Å². The first-order chi connectivity index (χ1) is 10.7. The summed E-state index contributed by atoms with van der Waals surface area (Å²) < 4.78 is 4.80. The summed E-state index contributed by atoms with van der Waals surface area (Å²) in [6, 6.07) is 0. The zero-order chi connectivity index (χ0) is 15.5. The number of ether oxygens (including phenoxy) is 1. The molecule has 0 spiro atoms. The van der Waals surface area contributed by atoms with E-state index in [1.54, 1.807) is 23.7 Å². The Bertz CT molecular complexity index is 792. The Kier molecular flexibility index (Phi) is 4.63. The number of nitrogens with zero attached hydrogens (tertiary/aromatic N) is 1. The van der Waals surface area contributed by atoms with Crippen LogP contribution in [0.2, 0.25) is 0 Å². The molecule has 2 aromatic heterocycles. The van der Waals surface area contributed by atoms with Gasteiger partial charge in [0.05, 0.1) is 12.0 Å². The van der Waals surface area contributed by atoms with Gasteiger partial charge in [0.1, 0.15) is 4.83 Å². The molecular weight excluding hydrogens is 320 g/mol. The van der Waals surface area contributed by atoms with Crippen LogP contribution >= 0.6 is 23.1 Å². The molecule has 3 rings (SSSR count). The Hall–Kier alpha value is -1.60. The van der Waals surface area contributed by atoms with Crippen molar-refractivity contribution in [1.82, 2.24) is 9.97 Å². The van der Waals surface area contributed by atoms with Crippen LogP contribution in [0, 0.1) is 0 Å². The number of hydrogen-bond donors (Lipinski definition) is 1. The Morgan fingerprint density at radius 1 is 1.45 bits per heavy atom. The Morgan fingerprint density at radius 2 is 2.27 bits per heavy atom. The fraction of sp³-hybridized carbons (Fsp3) is 0.400. The lowest BCUT2D eigenvalue weighted by Crippen LogP contribution is -2.10. The van der Waals surface area contributed by atoms with Crippen molar-refractivity contribution in [2.24, 2.45) is 0 Å². The highest BCUT2D eigenvalue weighted by Crippen LogP contribution is 2.34. The van der Waals surface area contributed by atoms with Crippen LogP contribution in [0.25, 0.3) is 10.2 Å². The third-order valence-corrected chi connectivity index (χ3v) is 5.35. The summed E-state index contributed by atoms with van der Waals surface area (Å²) in [5.74, 6) is -0.398. The van der Waals surface area contributed by atoms with Gasteiger partial charge in [0.2, 0.25) is 0 Å². The number of esters is 1. The topological polar surface area (TPSA) is 72.0 Å². The molecule has 1 aliphatic rings. The molecule has 0 fully saturated rings. The van der Waals surface area contributed by atoms with Gasteiger partial charge in [-0.3, -0.25) is 4.79 Å². The summed E-state index contributed by atoms with van der Waals surface area (Å²) in [5, 5.41) is 2.82. The molecule has 0 atom stereocenters. The first kappa shape index (κ1) is 15.3. The minimum Gasteiger partial charge on any atom is -0.463 e. The highest BCUT2D eigenvalue weighted by Gasteiger charge is 2.19. The number of aromatic nitrogens is 2. The van der Waals surface area contributed by atoms with Crippen LogP contribution in [0.15, 0.2) is 21.4 Å². The second-order valence-electron chi connectivity index (χ2n) is 4.93. The molecule has 0 radical (unpaired) electrons. The maximum absolute atomic E-state index is 12.3. The van der Waals surface area contributed by atoms with E-state index in [-0.39, 0.29) is 5.56 Å². The van der Waals surface area contributed by atoms with Crippen molar-refractivity contribution in [3.63, 3.8) is 0 Å². The van der Waals surface area contributed by atoms with Crippen molar-refractivity contribution in [1.29, 1.82) is 0 Å². The minimum atomic E-state index is -0.398. The largest absolute Gasteiger partial charge is 0.463 e. The number of rotatable bonds is 4. The third kappa shape index (κ3) is 3.10. The molecule has 2 heterocycles. The zero-order valence-electron chi connectivity index (χ0n) is 12.2. The number of H-pyrrole nitrogens is 1. The van der Waals surface area contributed by atoms with E-state index in [9.17, 15) is 9.59 Å². The molecule has 22 heavy (non-hydrogen) atoms. The summed E-state index contributed by atoms with van der Waals surface area (Å²) >= 11 is 2.82. The smallest absolute Gasteiger partial charge is 0.331 e. The first-order valence-electron chi connectivity index (χ1n) is 7.23. The van der Waals surface area contributed by atoms with E-state index in [1.165, 1.54) is 34.7 Å². The number of aryl methyl sites for hydroxylation is 2. The Labute approximate surface area is 135 Å². The van der Waals surface area contributed by atoms with Gasteiger partial charge < -0.3 is 9.72 Å². The van der Waals surface area contributed by atoms with Gasteiger partial charge in [0.15, 0.2) is 5.16 Å². The molecule has 0 unspecified atom stereocenters. The number of thioether (sulfide) groups is 1. The van der Waals surface area contributed by atoms with E-state index >= 15 is 0 Å². The third-order valence-electron chi connectivity index (χ3n) is 3.47. The predicted molar refractivity (Wildman–Crippen MR) is 88.5 cm³/mol. The van der Waals surface area contributed by atoms with E-state index in [0.717, 1.165) is 29.5 Å². The van der Waals surface area contributed by atoms with Crippen LogP contribution in [0.4, 0.5) is 0 Å². The molecule has 2 aromatic rings. The van der Waals surface area contributed by atoms with Crippen molar-refractivity contribution in [3.05, 3.63) is 32.3 Å². The molecule has 0 amide bonds. The first-order valence-corrected chi connectivity index (χ1v) is 8.93. The number of carbonyl (C=O) groups excluding carboxylic acids is 1. The summed E-state index contributed by atoms with van der Waals surface area (Å²) in [6.45, 7) is 2.10. The number of fused-ring (bicyclic) bond motifs is 3. The van der Waals surface area contributed by atoms with E-state index in [0.29, 0.717) is 11.8 Å². The fourth-order valence-electron chi connectivity index (χ4n) is 2.54. The molecule has 116 valence electrons. The summed E-state index contributed by atoms with van der Waals surface area (Å²) in [4.78, 5) is 32.9. The van der Waals surface area contributed by atoms with Crippen LogP contribution in [0.3, 0.4) is 0 Å². The minimum absolute atomic E-state index is 0.0866. The lowest BCUT2D eigenvalue weighted by atomic mass is 9.97. The van der Waals surface area contributed by atoms with Crippen molar-refractivity contribution in [2.45, 2.75) is 37.8 Å². The maximum Gasteiger partial charge on any atom is 0.331 e. The second kappa shape index (κ2) is 6.66. The molecular formula is C15H16N2O3S2. The number of carbonyl (C=O) groups is 1. The van der Waals surface area contributed by atoms with Gasteiger partial charge in [0, 0.05) is 11.0 Å². The standard InChI is InChI=1S/C15H16N2O3S2/c1-2-20-11(18)7-8-21-15-16-13(19)12-9-5-3-4-6-10(9)22-14(12)17-15/h7-8H,2-6H2,1H3,(H,16,17,19)/b8-7-. The van der Waals surface area contributed by atoms with Gasteiger partial charge in [0.25, 0.3) is 5.56 Å². The number of hydrogen-bond acceptors (Lipinski definition) is 6. The van der Waals surface area contributed by atoms with Crippen molar-refractivity contribution < 1.29 is 9.53 Å². The highest BCUT2D eigenvalue weighted by atomic mass is 32.2. The molecule has 0 aromatic carbocycles. The molecule has 0 bridgehead atoms. The Morgan fingerprint density at radius 3 is 3.09 bits per heavy atom. The van der Waals surface area contributed by atoms with Crippen LogP contribution in [-0.2, 0) is 22.4 Å². The van der Waals surface area contributed by atoms with Crippen LogP contribution in [-0.4, -0.2) is 22.5 Å². The molecule has 0 aliphatic heterocycles. The quantitative estimate of drug-likeness (QED) is 0.402. The van der Waals surface area contributed by atoms with Crippen molar-refractivity contribution >= 4 is 39.3 Å². The lowest BCUT2D eigenvalue weighted by molar-refractivity contribution is -0.137. The number of nitrogens with one attached hydrogen (secondary N) is 1. The van der Waals surface area contributed by atoms with E-state index in [1.807, 2.05) is 0 Å². The SMILES string of the molecule is CCOC(=O)/C=C\Sc1nc2sc3c(c2c(=O)[nH]1)CCCC3. The number of thiophene rings is 1. The molecule has 1 N–H and O–H groups in total. The van der Waals surface area contributed by atoms with Gasteiger partial charge in [-0.15, -0.1) is 11.3 Å². The predicted octanol–water partition coefficient (Wildman–Crippen LogP) is 3.03. The summed E-state index contributed by atoms with van der Waals surface area (Å²) in [6.07, 6.45) is 5.66. The van der Waals surface area contributed by atoms with Crippen LogP contribution < -0.4 is 5.56 Å².